The topological polar surface area (TPSA) is 56.0 Å². The molecule has 0 saturated carbocycles. The standard InChI is InChI=1S/C18H27N5O/c1-13(17-14(2)20-21(4)15(17)3)18(24)23-11-6-5-8-16(23)12-22-10-7-9-19-22/h7,9-10,13,16H,5-6,8,11-12H2,1-4H3/t13-,16-/m1/s1. The van der Waals surface area contributed by atoms with Crippen molar-refractivity contribution in [3.05, 3.63) is 35.4 Å². The van der Waals surface area contributed by atoms with Crippen molar-refractivity contribution in [3.8, 4) is 0 Å². The third-order valence-electron chi connectivity index (χ3n) is 5.24. The van der Waals surface area contributed by atoms with Crippen LogP contribution in [0, 0.1) is 13.8 Å². The minimum absolute atomic E-state index is 0.156. The van der Waals surface area contributed by atoms with Gasteiger partial charge in [0.2, 0.25) is 5.91 Å². The highest BCUT2D eigenvalue weighted by Gasteiger charge is 2.32. The fourth-order valence-electron chi connectivity index (χ4n) is 3.89. The Kier molecular flexibility index (Phi) is 4.73. The number of amides is 1. The summed E-state index contributed by atoms with van der Waals surface area (Å²) >= 11 is 0. The third-order valence-corrected chi connectivity index (χ3v) is 5.24. The van der Waals surface area contributed by atoms with Crippen molar-refractivity contribution in [1.82, 2.24) is 24.5 Å². The van der Waals surface area contributed by atoms with Crippen molar-refractivity contribution >= 4 is 5.91 Å². The van der Waals surface area contributed by atoms with E-state index in [-0.39, 0.29) is 17.9 Å². The average Bonchev–Trinajstić information content (AvgIpc) is 3.15. The van der Waals surface area contributed by atoms with Gasteiger partial charge in [0.05, 0.1) is 24.2 Å². The molecule has 130 valence electrons. The Bertz CT molecular complexity index is 703. The van der Waals surface area contributed by atoms with Crippen molar-refractivity contribution in [3.63, 3.8) is 0 Å². The Labute approximate surface area is 143 Å². The van der Waals surface area contributed by atoms with Gasteiger partial charge in [-0.25, -0.2) is 0 Å². The Hall–Kier alpha value is -2.11. The smallest absolute Gasteiger partial charge is 0.230 e. The first kappa shape index (κ1) is 16.7. The number of hydrogen-bond acceptors (Lipinski definition) is 3. The van der Waals surface area contributed by atoms with Crippen molar-refractivity contribution in [1.29, 1.82) is 0 Å². The summed E-state index contributed by atoms with van der Waals surface area (Å²) in [6.45, 7) is 7.66. The SMILES string of the molecule is Cc1nn(C)c(C)c1[C@@H](C)C(=O)N1CCCC[C@@H]1Cn1cccn1. The highest BCUT2D eigenvalue weighted by atomic mass is 16.2. The minimum atomic E-state index is -0.156. The summed E-state index contributed by atoms with van der Waals surface area (Å²) in [6, 6.07) is 2.16. The number of carbonyl (C=O) groups is 1. The molecule has 3 heterocycles. The quantitative estimate of drug-likeness (QED) is 0.865. The van der Waals surface area contributed by atoms with E-state index in [2.05, 4.69) is 15.1 Å². The first-order valence-corrected chi connectivity index (χ1v) is 8.77. The maximum Gasteiger partial charge on any atom is 0.230 e. The monoisotopic (exact) mass is 329 g/mol. The van der Waals surface area contributed by atoms with E-state index in [0.717, 1.165) is 42.9 Å². The van der Waals surface area contributed by atoms with Gasteiger partial charge in [-0.3, -0.25) is 14.2 Å². The largest absolute Gasteiger partial charge is 0.337 e. The van der Waals surface area contributed by atoms with Crippen molar-refractivity contribution < 1.29 is 4.79 Å². The molecule has 3 rings (SSSR count). The predicted molar refractivity (Wildman–Crippen MR) is 92.7 cm³/mol. The molecule has 0 N–H and O–H groups in total. The summed E-state index contributed by atoms with van der Waals surface area (Å²) < 4.78 is 3.80. The summed E-state index contributed by atoms with van der Waals surface area (Å²) in [5, 5.41) is 8.77. The summed E-state index contributed by atoms with van der Waals surface area (Å²) in [5.74, 6) is 0.0583. The molecule has 24 heavy (non-hydrogen) atoms. The number of piperidine rings is 1. The molecule has 6 heteroatoms. The molecule has 2 atom stereocenters. The first-order valence-electron chi connectivity index (χ1n) is 8.77. The number of rotatable bonds is 4. The van der Waals surface area contributed by atoms with E-state index in [9.17, 15) is 4.79 Å². The van der Waals surface area contributed by atoms with Crippen molar-refractivity contribution in [2.75, 3.05) is 6.54 Å². The second-order valence-electron chi connectivity index (χ2n) is 6.84. The predicted octanol–water partition coefficient (Wildman–Crippen LogP) is 2.42. The molecule has 0 unspecified atom stereocenters. The molecule has 1 fully saturated rings. The number of aryl methyl sites for hydroxylation is 2. The lowest BCUT2D eigenvalue weighted by atomic mass is 9.94. The molecule has 1 aliphatic rings. The van der Waals surface area contributed by atoms with E-state index >= 15 is 0 Å². The van der Waals surface area contributed by atoms with Gasteiger partial charge in [-0.2, -0.15) is 10.2 Å². The van der Waals surface area contributed by atoms with Crippen LogP contribution in [0.4, 0.5) is 0 Å². The summed E-state index contributed by atoms with van der Waals surface area (Å²) in [6.07, 6.45) is 7.06. The number of carbonyl (C=O) groups excluding carboxylic acids is 1. The average molecular weight is 329 g/mol. The van der Waals surface area contributed by atoms with Crippen LogP contribution in [-0.2, 0) is 18.4 Å². The molecular formula is C18H27N5O. The van der Waals surface area contributed by atoms with Crippen LogP contribution in [0.3, 0.4) is 0 Å². The molecule has 6 nitrogen and oxygen atoms in total. The number of aromatic nitrogens is 4. The van der Waals surface area contributed by atoms with Gasteiger partial charge >= 0.3 is 0 Å². The number of likely N-dealkylation sites (tertiary alicyclic amines) is 1. The Morgan fingerprint density at radius 3 is 2.79 bits per heavy atom. The van der Waals surface area contributed by atoms with Crippen LogP contribution in [0.2, 0.25) is 0 Å². The fraction of sp³-hybridized carbons (Fsp3) is 0.611. The Balaban J connectivity index is 1.80. The molecule has 1 amide bonds. The van der Waals surface area contributed by atoms with E-state index in [1.807, 2.05) is 49.4 Å². The van der Waals surface area contributed by atoms with Crippen molar-refractivity contribution in [2.24, 2.45) is 7.05 Å². The fourth-order valence-corrected chi connectivity index (χ4v) is 3.89. The lowest BCUT2D eigenvalue weighted by Gasteiger charge is -2.37. The molecule has 0 aliphatic carbocycles. The minimum Gasteiger partial charge on any atom is -0.337 e. The molecule has 0 bridgehead atoms. The van der Waals surface area contributed by atoms with Crippen LogP contribution in [0.5, 0.6) is 0 Å². The van der Waals surface area contributed by atoms with Crippen molar-refractivity contribution in [2.45, 2.75) is 58.5 Å². The Morgan fingerprint density at radius 2 is 2.17 bits per heavy atom. The second-order valence-corrected chi connectivity index (χ2v) is 6.84. The zero-order valence-corrected chi connectivity index (χ0v) is 15.1. The van der Waals surface area contributed by atoms with Gasteiger partial charge in [0, 0.05) is 37.2 Å². The summed E-state index contributed by atoms with van der Waals surface area (Å²) in [5.41, 5.74) is 3.11. The first-order chi connectivity index (χ1) is 11.5. The van der Waals surface area contributed by atoms with Gasteiger partial charge in [0.15, 0.2) is 0 Å². The number of nitrogens with zero attached hydrogens (tertiary/aromatic N) is 5. The maximum absolute atomic E-state index is 13.2. The third kappa shape index (κ3) is 3.09. The highest BCUT2D eigenvalue weighted by molar-refractivity contribution is 5.84. The van der Waals surface area contributed by atoms with Crippen LogP contribution in [-0.4, -0.2) is 43.0 Å². The zero-order valence-electron chi connectivity index (χ0n) is 15.1. The van der Waals surface area contributed by atoms with E-state index in [0.29, 0.717) is 0 Å². The molecule has 2 aromatic heterocycles. The Morgan fingerprint density at radius 1 is 1.38 bits per heavy atom. The molecule has 1 aliphatic heterocycles. The van der Waals surface area contributed by atoms with Gasteiger partial charge in [-0.05, 0) is 46.1 Å². The van der Waals surface area contributed by atoms with Gasteiger partial charge in [0.1, 0.15) is 0 Å². The second kappa shape index (κ2) is 6.79. The van der Waals surface area contributed by atoms with E-state index < -0.39 is 0 Å². The van der Waals surface area contributed by atoms with E-state index in [4.69, 9.17) is 0 Å². The van der Waals surface area contributed by atoms with Crippen LogP contribution in [0.1, 0.15) is 49.1 Å². The van der Waals surface area contributed by atoms with E-state index in [1.54, 1.807) is 6.20 Å². The van der Waals surface area contributed by atoms with Gasteiger partial charge in [-0.15, -0.1) is 0 Å². The molecule has 1 saturated heterocycles. The normalized spacial score (nSPS) is 19.5. The molecule has 0 spiro atoms. The van der Waals surface area contributed by atoms with Crippen LogP contribution in [0.25, 0.3) is 0 Å². The van der Waals surface area contributed by atoms with Gasteiger partial charge in [-0.1, -0.05) is 0 Å². The highest BCUT2D eigenvalue weighted by Crippen LogP contribution is 2.28. The number of hydrogen-bond donors (Lipinski definition) is 0. The van der Waals surface area contributed by atoms with Crippen LogP contribution < -0.4 is 0 Å². The van der Waals surface area contributed by atoms with Gasteiger partial charge < -0.3 is 4.90 Å². The summed E-state index contributed by atoms with van der Waals surface area (Å²) in [7, 11) is 1.93. The molecular weight excluding hydrogens is 302 g/mol. The van der Waals surface area contributed by atoms with Crippen LogP contribution >= 0.6 is 0 Å². The maximum atomic E-state index is 13.2. The van der Waals surface area contributed by atoms with E-state index in [1.165, 1.54) is 6.42 Å². The summed E-state index contributed by atoms with van der Waals surface area (Å²) in [4.78, 5) is 15.3. The zero-order chi connectivity index (χ0) is 17.3. The van der Waals surface area contributed by atoms with Crippen LogP contribution in [0.15, 0.2) is 18.5 Å². The lowest BCUT2D eigenvalue weighted by Crippen LogP contribution is -2.47. The molecule has 2 aromatic rings. The lowest BCUT2D eigenvalue weighted by molar-refractivity contribution is -0.136. The molecule has 0 radical (unpaired) electrons. The molecule has 0 aromatic carbocycles. The van der Waals surface area contributed by atoms with Gasteiger partial charge in [0.25, 0.3) is 0 Å².